The van der Waals surface area contributed by atoms with E-state index in [1.54, 1.807) is 31.2 Å². The van der Waals surface area contributed by atoms with Gasteiger partial charge in [0.25, 0.3) is 0 Å². The van der Waals surface area contributed by atoms with E-state index in [9.17, 15) is 9.59 Å². The van der Waals surface area contributed by atoms with Gasteiger partial charge in [0.15, 0.2) is 0 Å². The third-order valence-corrected chi connectivity index (χ3v) is 2.91. The summed E-state index contributed by atoms with van der Waals surface area (Å²) in [6.07, 6.45) is 0. The van der Waals surface area contributed by atoms with Gasteiger partial charge in [-0.3, -0.25) is 4.79 Å². The summed E-state index contributed by atoms with van der Waals surface area (Å²) in [7, 11) is 0. The quantitative estimate of drug-likeness (QED) is 0.686. The lowest BCUT2D eigenvalue weighted by molar-refractivity contribution is -0.131. The highest BCUT2D eigenvalue weighted by Crippen LogP contribution is 2.24. The van der Waals surface area contributed by atoms with E-state index in [-0.39, 0.29) is 5.97 Å². The van der Waals surface area contributed by atoms with Crippen molar-refractivity contribution in [2.45, 2.75) is 13.8 Å². The van der Waals surface area contributed by atoms with Crippen molar-refractivity contribution in [3.63, 3.8) is 0 Å². The first kappa shape index (κ1) is 13.8. The lowest BCUT2D eigenvalue weighted by Crippen LogP contribution is -2.01. The maximum atomic E-state index is 11.0. The Morgan fingerprint density at radius 3 is 2.10 bits per heavy atom. The minimum absolute atomic E-state index is 0.297. The first-order valence-electron chi connectivity index (χ1n) is 6.10. The van der Waals surface area contributed by atoms with E-state index in [1.807, 2.05) is 18.2 Å². The van der Waals surface area contributed by atoms with E-state index in [0.29, 0.717) is 16.9 Å². The van der Waals surface area contributed by atoms with Crippen LogP contribution in [0.25, 0.3) is 11.1 Å². The molecule has 0 aromatic heterocycles. The molecule has 20 heavy (non-hydrogen) atoms. The van der Waals surface area contributed by atoms with Crippen molar-refractivity contribution < 1.29 is 19.4 Å². The van der Waals surface area contributed by atoms with E-state index < -0.39 is 5.97 Å². The molecule has 0 fully saturated rings. The van der Waals surface area contributed by atoms with Crippen molar-refractivity contribution in [3.8, 4) is 16.9 Å². The van der Waals surface area contributed by atoms with E-state index in [2.05, 4.69) is 0 Å². The fourth-order valence-corrected chi connectivity index (χ4v) is 1.96. The number of benzene rings is 2. The molecule has 0 radical (unpaired) electrons. The largest absolute Gasteiger partial charge is 0.478 e. The van der Waals surface area contributed by atoms with Crippen LogP contribution in [-0.4, -0.2) is 17.0 Å². The van der Waals surface area contributed by atoms with Crippen LogP contribution in [0.4, 0.5) is 0 Å². The number of hydrogen-bond donors (Lipinski definition) is 1. The summed E-state index contributed by atoms with van der Waals surface area (Å²) in [6.45, 7) is 3.11. The van der Waals surface area contributed by atoms with Crippen LogP contribution in [0.3, 0.4) is 0 Å². The second kappa shape index (κ2) is 5.57. The molecule has 2 aromatic carbocycles. The second-order valence-electron chi connectivity index (χ2n) is 4.45. The van der Waals surface area contributed by atoms with Gasteiger partial charge in [-0.15, -0.1) is 0 Å². The van der Waals surface area contributed by atoms with Gasteiger partial charge in [0.2, 0.25) is 0 Å². The average Bonchev–Trinajstić information content (AvgIpc) is 2.38. The standard InChI is InChI=1S/C16H14O4/c1-10-9-13(5-8-15(10)16(18)19)12-3-6-14(7-4-12)20-11(2)17/h3-9H,1-2H3,(H,18,19). The maximum absolute atomic E-state index is 11.0. The summed E-state index contributed by atoms with van der Waals surface area (Å²) in [5.41, 5.74) is 2.85. The molecule has 0 amide bonds. The number of carboxylic acid groups (broad SMARTS) is 1. The highest BCUT2D eigenvalue weighted by atomic mass is 16.5. The lowest BCUT2D eigenvalue weighted by atomic mass is 10.00. The molecule has 0 aliphatic carbocycles. The molecule has 102 valence electrons. The summed E-state index contributed by atoms with van der Waals surface area (Å²) in [5.74, 6) is -0.807. The highest BCUT2D eigenvalue weighted by molar-refractivity contribution is 5.90. The van der Waals surface area contributed by atoms with Gasteiger partial charge in [-0.2, -0.15) is 0 Å². The molecule has 1 N–H and O–H groups in total. The lowest BCUT2D eigenvalue weighted by Gasteiger charge is -2.07. The Morgan fingerprint density at radius 2 is 1.60 bits per heavy atom. The summed E-state index contributed by atoms with van der Waals surface area (Å²) in [5, 5.41) is 9.00. The molecule has 0 aliphatic heterocycles. The fraction of sp³-hybridized carbons (Fsp3) is 0.125. The number of aryl methyl sites for hydroxylation is 1. The molecule has 0 heterocycles. The van der Waals surface area contributed by atoms with Crippen molar-refractivity contribution in [2.24, 2.45) is 0 Å². The molecule has 0 atom stereocenters. The molecule has 0 saturated heterocycles. The first-order valence-corrected chi connectivity index (χ1v) is 6.10. The maximum Gasteiger partial charge on any atom is 0.335 e. The number of hydrogen-bond acceptors (Lipinski definition) is 3. The van der Waals surface area contributed by atoms with Crippen molar-refractivity contribution in [1.29, 1.82) is 0 Å². The fourth-order valence-electron chi connectivity index (χ4n) is 1.96. The smallest absolute Gasteiger partial charge is 0.335 e. The minimum atomic E-state index is -0.931. The summed E-state index contributed by atoms with van der Waals surface area (Å²) in [4.78, 5) is 21.8. The van der Waals surface area contributed by atoms with Crippen molar-refractivity contribution in [2.75, 3.05) is 0 Å². The Morgan fingerprint density at radius 1 is 1.00 bits per heavy atom. The predicted molar refractivity (Wildman–Crippen MR) is 74.9 cm³/mol. The van der Waals surface area contributed by atoms with Gasteiger partial charge in [0, 0.05) is 6.92 Å². The van der Waals surface area contributed by atoms with Crippen LogP contribution in [0.2, 0.25) is 0 Å². The number of carbonyl (C=O) groups excluding carboxylic acids is 1. The number of carbonyl (C=O) groups is 2. The summed E-state index contributed by atoms with van der Waals surface area (Å²) in [6, 6.07) is 12.2. The SMILES string of the molecule is CC(=O)Oc1ccc(-c2ccc(C(=O)O)c(C)c2)cc1. The topological polar surface area (TPSA) is 63.6 Å². The predicted octanol–water partition coefficient (Wildman–Crippen LogP) is 3.29. The number of rotatable bonds is 3. The zero-order chi connectivity index (χ0) is 14.7. The van der Waals surface area contributed by atoms with E-state index in [1.165, 1.54) is 6.92 Å². The summed E-state index contributed by atoms with van der Waals surface area (Å²) < 4.78 is 4.96. The molecule has 0 spiro atoms. The molecule has 0 bridgehead atoms. The Bertz CT molecular complexity index is 657. The third kappa shape index (κ3) is 3.03. The van der Waals surface area contributed by atoms with Gasteiger partial charge in [0.05, 0.1) is 5.56 Å². The van der Waals surface area contributed by atoms with Gasteiger partial charge in [0.1, 0.15) is 5.75 Å². The first-order chi connectivity index (χ1) is 9.47. The minimum Gasteiger partial charge on any atom is -0.478 e. The molecular formula is C16H14O4. The molecule has 2 aromatic rings. The molecule has 0 unspecified atom stereocenters. The van der Waals surface area contributed by atoms with Gasteiger partial charge in [-0.05, 0) is 41.8 Å². The highest BCUT2D eigenvalue weighted by Gasteiger charge is 2.08. The monoisotopic (exact) mass is 270 g/mol. The second-order valence-corrected chi connectivity index (χ2v) is 4.45. The zero-order valence-corrected chi connectivity index (χ0v) is 11.2. The molecule has 0 saturated carbocycles. The van der Waals surface area contributed by atoms with E-state index in [0.717, 1.165) is 11.1 Å². The van der Waals surface area contributed by atoms with Gasteiger partial charge in [-0.1, -0.05) is 24.3 Å². The van der Waals surface area contributed by atoms with Crippen molar-refractivity contribution in [1.82, 2.24) is 0 Å². The molecular weight excluding hydrogens is 256 g/mol. The molecule has 4 heteroatoms. The normalized spacial score (nSPS) is 10.1. The van der Waals surface area contributed by atoms with Crippen LogP contribution in [-0.2, 0) is 4.79 Å². The van der Waals surface area contributed by atoms with Crippen LogP contribution in [0.5, 0.6) is 5.75 Å². The summed E-state index contributed by atoms with van der Waals surface area (Å²) >= 11 is 0. The van der Waals surface area contributed by atoms with Crippen LogP contribution in [0.15, 0.2) is 42.5 Å². The van der Waals surface area contributed by atoms with Gasteiger partial charge in [-0.25, -0.2) is 4.79 Å². The zero-order valence-electron chi connectivity index (χ0n) is 11.2. The van der Waals surface area contributed by atoms with Crippen molar-refractivity contribution in [3.05, 3.63) is 53.6 Å². The van der Waals surface area contributed by atoms with Crippen molar-refractivity contribution >= 4 is 11.9 Å². The average molecular weight is 270 g/mol. The van der Waals surface area contributed by atoms with Gasteiger partial charge < -0.3 is 9.84 Å². The third-order valence-electron chi connectivity index (χ3n) is 2.91. The van der Waals surface area contributed by atoms with E-state index in [4.69, 9.17) is 9.84 Å². The molecule has 4 nitrogen and oxygen atoms in total. The molecule has 0 aliphatic rings. The van der Waals surface area contributed by atoms with Crippen LogP contribution in [0.1, 0.15) is 22.8 Å². The Balaban J connectivity index is 2.30. The Hall–Kier alpha value is -2.62. The van der Waals surface area contributed by atoms with Crippen LogP contribution < -0.4 is 4.74 Å². The number of ether oxygens (including phenoxy) is 1. The number of carboxylic acids is 1. The Kier molecular flexibility index (Phi) is 3.84. The molecule has 2 rings (SSSR count). The number of esters is 1. The van der Waals surface area contributed by atoms with Crippen LogP contribution in [0, 0.1) is 6.92 Å². The van der Waals surface area contributed by atoms with Gasteiger partial charge >= 0.3 is 11.9 Å². The van der Waals surface area contributed by atoms with E-state index >= 15 is 0 Å². The Labute approximate surface area is 116 Å². The van der Waals surface area contributed by atoms with Crippen LogP contribution >= 0.6 is 0 Å². The number of aromatic carboxylic acids is 1.